The van der Waals surface area contributed by atoms with Crippen LogP contribution in [0.1, 0.15) is 75.7 Å². The molecule has 0 aliphatic rings. The SMILES string of the molecule is CN(C)CCCNC(=O)c1cc(NC(=O)c2cc(NC(=O)c3onc(-c4c5ccccc5cc5ccccc45)c3C(=O)Nc3cc(C(=O)Nc4cc(C(=O)NCCCN(C)C)n(C)c4)n(C)c3)cn2C)cn1C. The lowest BCUT2D eigenvalue weighted by Gasteiger charge is -2.11. The number of hydrogen-bond donors (Lipinski definition) is 6. The quantitative estimate of drug-likeness (QED) is 0.0388. The van der Waals surface area contributed by atoms with E-state index in [2.05, 4.69) is 37.1 Å². The summed E-state index contributed by atoms with van der Waals surface area (Å²) in [5.74, 6) is -3.54. The first-order chi connectivity index (χ1) is 34.9. The molecule has 3 aromatic carbocycles. The molecule has 0 radical (unpaired) electrons. The second-order valence-electron chi connectivity index (χ2n) is 18.5. The Bertz CT molecular complexity index is 3350. The Morgan fingerprint density at radius 2 is 0.863 bits per heavy atom. The zero-order chi connectivity index (χ0) is 52.1. The van der Waals surface area contributed by atoms with Crippen LogP contribution in [0.25, 0.3) is 32.8 Å². The van der Waals surface area contributed by atoms with Gasteiger partial charge in [-0.15, -0.1) is 0 Å². The largest absolute Gasteiger partial charge is 0.351 e. The summed E-state index contributed by atoms with van der Waals surface area (Å²) < 4.78 is 12.2. The van der Waals surface area contributed by atoms with Crippen molar-refractivity contribution in [3.63, 3.8) is 0 Å². The maximum Gasteiger partial charge on any atom is 0.295 e. The fraction of sp³-hybridized carbons (Fsp3) is 0.264. The van der Waals surface area contributed by atoms with E-state index in [-0.39, 0.29) is 45.8 Å². The Morgan fingerprint density at radius 3 is 1.27 bits per heavy atom. The van der Waals surface area contributed by atoms with Crippen LogP contribution in [0, 0.1) is 0 Å². The van der Waals surface area contributed by atoms with E-state index in [1.165, 1.54) is 27.5 Å². The van der Waals surface area contributed by atoms with E-state index < -0.39 is 29.4 Å². The molecule has 0 atom stereocenters. The van der Waals surface area contributed by atoms with Gasteiger partial charge in [-0.25, -0.2) is 0 Å². The van der Waals surface area contributed by atoms with Gasteiger partial charge in [-0.1, -0.05) is 53.7 Å². The highest BCUT2D eigenvalue weighted by Crippen LogP contribution is 2.39. The van der Waals surface area contributed by atoms with Crippen LogP contribution in [0.3, 0.4) is 0 Å². The number of aromatic nitrogens is 5. The highest BCUT2D eigenvalue weighted by Gasteiger charge is 2.32. The fourth-order valence-corrected chi connectivity index (χ4v) is 8.68. The molecule has 0 saturated heterocycles. The number of amides is 6. The van der Waals surface area contributed by atoms with Gasteiger partial charge in [0.15, 0.2) is 0 Å². The third kappa shape index (κ3) is 11.4. The molecule has 0 aliphatic carbocycles. The number of carbonyl (C=O) groups is 6. The van der Waals surface area contributed by atoms with Crippen LogP contribution in [0.5, 0.6) is 0 Å². The molecule has 20 nitrogen and oxygen atoms in total. The predicted molar refractivity (Wildman–Crippen MR) is 281 cm³/mol. The lowest BCUT2D eigenvalue weighted by Crippen LogP contribution is -2.28. The number of rotatable bonds is 19. The minimum atomic E-state index is -0.826. The Morgan fingerprint density at radius 1 is 0.493 bits per heavy atom. The maximum absolute atomic E-state index is 14.8. The summed E-state index contributed by atoms with van der Waals surface area (Å²) >= 11 is 0. The number of aryl methyl sites for hydroxylation is 4. The molecule has 73 heavy (non-hydrogen) atoms. The van der Waals surface area contributed by atoms with Crippen molar-refractivity contribution in [3.05, 3.63) is 138 Å². The zero-order valence-electron chi connectivity index (χ0n) is 42.0. The van der Waals surface area contributed by atoms with Crippen LogP contribution in [0.4, 0.5) is 22.7 Å². The van der Waals surface area contributed by atoms with Crippen LogP contribution >= 0.6 is 0 Å². The normalized spacial score (nSPS) is 11.4. The summed E-state index contributed by atoms with van der Waals surface area (Å²) in [4.78, 5) is 86.4. The maximum atomic E-state index is 14.8. The van der Waals surface area contributed by atoms with Gasteiger partial charge in [0, 0.05) is 71.6 Å². The van der Waals surface area contributed by atoms with Gasteiger partial charge in [0.25, 0.3) is 35.4 Å². The van der Waals surface area contributed by atoms with Gasteiger partial charge in [0.2, 0.25) is 5.76 Å². The van der Waals surface area contributed by atoms with Gasteiger partial charge in [-0.3, -0.25) is 28.8 Å². The van der Waals surface area contributed by atoms with E-state index in [0.29, 0.717) is 41.4 Å². The standard InChI is InChI=1S/C53H59N13O7/c1-61(2)21-13-19-54-48(67)40-24-34(28-63(40)5)56-50(69)42-26-36(30-65(42)7)58-52(71)45-46(44-38-17-11-9-15-32(38)23-33-16-10-12-18-39(33)44)60-73-47(45)53(72)59-37-27-43(66(8)31-37)51(70)57-35-25-41(64(6)29-35)49(68)55-20-14-22-62(3)4/h9-12,15-18,23-31H,13-14,19-22H2,1-8H3,(H,54,67)(H,55,68)(H,56,69)(H,57,70)(H,58,71)(H,59,72). The van der Waals surface area contributed by atoms with E-state index in [1.54, 1.807) is 68.0 Å². The van der Waals surface area contributed by atoms with Crippen molar-refractivity contribution in [1.29, 1.82) is 0 Å². The van der Waals surface area contributed by atoms with Gasteiger partial charge >= 0.3 is 0 Å². The van der Waals surface area contributed by atoms with Gasteiger partial charge in [-0.05, 0) is 106 Å². The van der Waals surface area contributed by atoms with E-state index in [0.717, 1.165) is 47.5 Å². The lowest BCUT2D eigenvalue weighted by atomic mass is 9.92. The molecule has 8 rings (SSSR count). The van der Waals surface area contributed by atoms with Gasteiger partial charge in [-0.2, -0.15) is 0 Å². The summed E-state index contributed by atoms with van der Waals surface area (Å²) in [6, 6.07) is 23.4. The average Bonchev–Trinajstić information content (AvgIpc) is 4.19. The van der Waals surface area contributed by atoms with E-state index in [1.807, 2.05) is 92.6 Å². The third-order valence-corrected chi connectivity index (χ3v) is 12.3. The van der Waals surface area contributed by atoms with Gasteiger partial charge < -0.3 is 64.5 Å². The summed E-state index contributed by atoms with van der Waals surface area (Å²) in [6.07, 6.45) is 7.92. The first-order valence-electron chi connectivity index (χ1n) is 23.6. The van der Waals surface area contributed by atoms with E-state index in [4.69, 9.17) is 4.52 Å². The van der Waals surface area contributed by atoms with Crippen molar-refractivity contribution in [1.82, 2.24) is 43.9 Å². The van der Waals surface area contributed by atoms with E-state index >= 15 is 0 Å². The highest BCUT2D eigenvalue weighted by molar-refractivity contribution is 6.21. The number of nitrogens with zero attached hydrogens (tertiary/aromatic N) is 7. The van der Waals surface area contributed by atoms with Crippen LogP contribution in [-0.2, 0) is 28.2 Å². The smallest absolute Gasteiger partial charge is 0.295 e. The van der Waals surface area contributed by atoms with Crippen LogP contribution in [0.2, 0.25) is 0 Å². The molecule has 0 spiro atoms. The first-order valence-corrected chi connectivity index (χ1v) is 23.6. The minimum Gasteiger partial charge on any atom is -0.351 e. The Balaban J connectivity index is 1.04. The molecule has 0 bridgehead atoms. The molecule has 5 heterocycles. The van der Waals surface area contributed by atoms with E-state index in [9.17, 15) is 28.8 Å². The third-order valence-electron chi connectivity index (χ3n) is 12.3. The molecule has 6 amide bonds. The molecule has 378 valence electrons. The molecular weight excluding hydrogens is 931 g/mol. The molecule has 20 heteroatoms. The fourth-order valence-electron chi connectivity index (χ4n) is 8.68. The van der Waals surface area contributed by atoms with Crippen molar-refractivity contribution in [2.24, 2.45) is 28.2 Å². The summed E-state index contributed by atoms with van der Waals surface area (Å²) in [7, 11) is 14.6. The van der Waals surface area contributed by atoms with Crippen molar-refractivity contribution in [2.75, 3.05) is 75.6 Å². The van der Waals surface area contributed by atoms with Crippen LogP contribution in [-0.4, -0.2) is 123 Å². The number of nitrogens with one attached hydrogen (secondary N) is 6. The van der Waals surface area contributed by atoms with Crippen LogP contribution in [0.15, 0.2) is 108 Å². The second-order valence-corrected chi connectivity index (χ2v) is 18.5. The second kappa shape index (κ2) is 21.7. The topological polar surface area (TPSA) is 227 Å². The Labute approximate surface area is 421 Å². The highest BCUT2D eigenvalue weighted by atomic mass is 16.5. The monoisotopic (exact) mass is 989 g/mol. The molecule has 0 aliphatic heterocycles. The summed E-state index contributed by atoms with van der Waals surface area (Å²) in [5, 5.41) is 24.8. The van der Waals surface area contributed by atoms with Crippen molar-refractivity contribution in [2.45, 2.75) is 12.8 Å². The number of carbonyl (C=O) groups excluding carboxylic acids is 6. The first kappa shape index (κ1) is 50.6. The Kier molecular flexibility index (Phi) is 15.1. The molecule has 0 saturated carbocycles. The molecule has 0 unspecified atom stereocenters. The number of benzene rings is 3. The molecule has 0 fully saturated rings. The number of hydrogen-bond acceptors (Lipinski definition) is 10. The summed E-state index contributed by atoms with van der Waals surface area (Å²) in [6.45, 7) is 2.64. The molecule has 6 N–H and O–H groups in total. The van der Waals surface area contributed by atoms with Crippen molar-refractivity contribution in [3.8, 4) is 11.3 Å². The van der Waals surface area contributed by atoms with Crippen LogP contribution < -0.4 is 31.9 Å². The molecule has 5 aromatic heterocycles. The Hall–Kier alpha value is -8.75. The number of fused-ring (bicyclic) bond motifs is 2. The number of anilines is 4. The van der Waals surface area contributed by atoms with Gasteiger partial charge in [0.1, 0.15) is 34.0 Å². The zero-order valence-corrected chi connectivity index (χ0v) is 42.0. The molecule has 8 aromatic rings. The molecular formula is C53H59N13O7. The van der Waals surface area contributed by atoms with Crippen molar-refractivity contribution < 1.29 is 33.3 Å². The van der Waals surface area contributed by atoms with Gasteiger partial charge in [0.05, 0.1) is 22.7 Å². The minimum absolute atomic E-state index is 0.101. The average molecular weight is 990 g/mol. The summed E-state index contributed by atoms with van der Waals surface area (Å²) in [5.41, 5.74) is 2.82. The predicted octanol–water partition coefficient (Wildman–Crippen LogP) is 6.37. The lowest BCUT2D eigenvalue weighted by molar-refractivity contribution is 0.0936. The van der Waals surface area contributed by atoms with Crippen molar-refractivity contribution >= 4 is 79.7 Å².